The Labute approximate surface area is 223 Å². The number of fused-ring (bicyclic) bond motifs is 1. The van der Waals surface area contributed by atoms with Crippen LogP contribution in [-0.2, 0) is 21.5 Å². The molecule has 1 heterocycles. The number of aliphatic imine (C=N–C) groups is 1. The van der Waals surface area contributed by atoms with E-state index in [4.69, 9.17) is 17.2 Å². The molecule has 0 saturated carbocycles. The molecular formula is C28H29BrN6O2. The topological polar surface area (TPSA) is 144 Å². The van der Waals surface area contributed by atoms with E-state index >= 15 is 0 Å². The number of nitrogens with two attached hydrogens (primary N) is 3. The van der Waals surface area contributed by atoms with E-state index < -0.39 is 11.4 Å². The Balaban J connectivity index is 1.85. The van der Waals surface area contributed by atoms with E-state index in [1.165, 1.54) is 0 Å². The molecule has 4 rings (SSSR count). The van der Waals surface area contributed by atoms with Gasteiger partial charge in [0.05, 0.1) is 6.54 Å². The summed E-state index contributed by atoms with van der Waals surface area (Å²) in [5, 5.41) is 1.06. The lowest BCUT2D eigenvalue weighted by Gasteiger charge is -2.42. The van der Waals surface area contributed by atoms with Crippen LogP contribution in [0, 0.1) is 0 Å². The maximum absolute atomic E-state index is 13.9. The van der Waals surface area contributed by atoms with Crippen LogP contribution in [0.15, 0.2) is 94.5 Å². The van der Waals surface area contributed by atoms with Crippen LogP contribution in [0.5, 0.6) is 0 Å². The summed E-state index contributed by atoms with van der Waals surface area (Å²) in [6, 6.07) is 24.4. The lowest BCUT2D eigenvalue weighted by atomic mass is 9.79. The fourth-order valence-corrected chi connectivity index (χ4v) is 5.00. The fourth-order valence-electron chi connectivity index (χ4n) is 4.73. The molecule has 37 heavy (non-hydrogen) atoms. The van der Waals surface area contributed by atoms with Crippen LogP contribution in [0.1, 0.15) is 23.1 Å². The van der Waals surface area contributed by atoms with Crippen molar-refractivity contribution < 1.29 is 9.59 Å². The first-order valence-electron chi connectivity index (χ1n) is 11.9. The Kier molecular flexibility index (Phi) is 7.93. The number of carbonyl (C=O) groups is 2. The molecule has 0 saturated heterocycles. The van der Waals surface area contributed by atoms with Gasteiger partial charge < -0.3 is 27.1 Å². The smallest absolute Gasteiger partial charge is 0.252 e. The number of aromatic amines is 1. The third-order valence-corrected chi connectivity index (χ3v) is 6.94. The number of H-pyrrole nitrogens is 1. The predicted octanol–water partition coefficient (Wildman–Crippen LogP) is 3.39. The van der Waals surface area contributed by atoms with Crippen molar-refractivity contribution in [2.45, 2.75) is 18.4 Å². The summed E-state index contributed by atoms with van der Waals surface area (Å²) in [5.41, 5.74) is 18.8. The first-order chi connectivity index (χ1) is 17.8. The molecule has 8 nitrogen and oxygen atoms in total. The average molecular weight is 561 g/mol. The van der Waals surface area contributed by atoms with Crippen LogP contribution in [0.3, 0.4) is 0 Å². The molecule has 1 aromatic heterocycles. The van der Waals surface area contributed by atoms with Gasteiger partial charge in [-0.2, -0.15) is 0 Å². The van der Waals surface area contributed by atoms with Crippen LogP contribution >= 0.6 is 15.9 Å². The Morgan fingerprint density at radius 3 is 2.22 bits per heavy atom. The number of hydrogen-bond acceptors (Lipinski definition) is 3. The largest absolute Gasteiger partial charge is 0.370 e. The molecule has 0 aliphatic heterocycles. The minimum Gasteiger partial charge on any atom is -0.370 e. The predicted molar refractivity (Wildman–Crippen MR) is 150 cm³/mol. The van der Waals surface area contributed by atoms with Crippen molar-refractivity contribution in [1.29, 1.82) is 0 Å². The molecule has 2 amide bonds. The molecule has 0 fully saturated rings. The summed E-state index contributed by atoms with van der Waals surface area (Å²) < 4.78 is 0.840. The van der Waals surface area contributed by atoms with E-state index in [-0.39, 0.29) is 31.4 Å². The van der Waals surface area contributed by atoms with Gasteiger partial charge >= 0.3 is 0 Å². The van der Waals surface area contributed by atoms with E-state index in [0.717, 1.165) is 20.9 Å². The van der Waals surface area contributed by atoms with Crippen molar-refractivity contribution in [2.75, 3.05) is 13.1 Å². The molecule has 1 unspecified atom stereocenters. The number of amides is 2. The average Bonchev–Trinajstić information content (AvgIpc) is 3.30. The zero-order valence-electron chi connectivity index (χ0n) is 20.2. The number of benzene rings is 3. The molecule has 1 atom stereocenters. The van der Waals surface area contributed by atoms with E-state index in [0.29, 0.717) is 17.5 Å². The number of hydrogen-bond donors (Lipinski definition) is 4. The normalized spacial score (nSPS) is 12.6. The molecule has 9 heteroatoms. The maximum Gasteiger partial charge on any atom is 0.252 e. The minimum atomic E-state index is -1.55. The Morgan fingerprint density at radius 2 is 1.54 bits per heavy atom. The Morgan fingerprint density at radius 1 is 0.892 bits per heavy atom. The van der Waals surface area contributed by atoms with Crippen molar-refractivity contribution in [3.8, 4) is 0 Å². The van der Waals surface area contributed by atoms with Gasteiger partial charge in [-0.1, -0.05) is 76.6 Å². The Hall–Kier alpha value is -4.11. The van der Waals surface area contributed by atoms with E-state index in [1.54, 1.807) is 4.90 Å². The number of primary amides is 1. The maximum atomic E-state index is 13.9. The van der Waals surface area contributed by atoms with E-state index in [9.17, 15) is 9.59 Å². The third-order valence-electron chi connectivity index (χ3n) is 6.42. The summed E-state index contributed by atoms with van der Waals surface area (Å²) in [7, 11) is 0. The highest BCUT2D eigenvalue weighted by molar-refractivity contribution is 9.10. The van der Waals surface area contributed by atoms with Crippen LogP contribution < -0.4 is 17.2 Å². The number of halogens is 1. The first kappa shape index (κ1) is 26.0. The monoisotopic (exact) mass is 560 g/mol. The molecule has 7 N–H and O–H groups in total. The van der Waals surface area contributed by atoms with Crippen LogP contribution in [0.2, 0.25) is 0 Å². The molecule has 190 valence electrons. The van der Waals surface area contributed by atoms with Crippen LogP contribution in [0.25, 0.3) is 10.9 Å². The van der Waals surface area contributed by atoms with Gasteiger partial charge in [-0.3, -0.25) is 14.6 Å². The number of guanidine groups is 1. The van der Waals surface area contributed by atoms with Gasteiger partial charge in [-0.05, 0) is 41.3 Å². The second-order valence-electron chi connectivity index (χ2n) is 8.66. The van der Waals surface area contributed by atoms with Gasteiger partial charge in [0.25, 0.3) is 5.91 Å². The number of nitrogens with one attached hydrogen (secondary N) is 1. The van der Waals surface area contributed by atoms with Crippen molar-refractivity contribution in [3.05, 3.63) is 106 Å². The lowest BCUT2D eigenvalue weighted by molar-refractivity contribution is -0.144. The lowest BCUT2D eigenvalue weighted by Crippen LogP contribution is -2.58. The minimum absolute atomic E-state index is 0.00414. The van der Waals surface area contributed by atoms with Gasteiger partial charge in [-0.15, -0.1) is 0 Å². The highest BCUT2D eigenvalue weighted by atomic mass is 79.9. The SMILES string of the molecule is NC(=O)C(c1ccccc1)(c1ccc(Br)cc1)N(CCc1c[nH]c2ccccc12)C(=O)CCN=C(N)N. The summed E-state index contributed by atoms with van der Waals surface area (Å²) in [6.45, 7) is 0.325. The molecule has 0 aliphatic carbocycles. The Bertz CT molecular complexity index is 1410. The van der Waals surface area contributed by atoms with E-state index in [1.807, 2.05) is 85.1 Å². The number of carbonyl (C=O) groups excluding carboxylic acids is 2. The van der Waals surface area contributed by atoms with Crippen molar-refractivity contribution >= 4 is 44.6 Å². The quantitative estimate of drug-likeness (QED) is 0.174. The molecule has 0 radical (unpaired) electrons. The van der Waals surface area contributed by atoms with Crippen LogP contribution in [0.4, 0.5) is 0 Å². The zero-order chi connectivity index (χ0) is 26.4. The molecule has 3 aromatic carbocycles. The standard InChI is InChI=1S/C28H29BrN6O2/c29-22-12-10-21(11-13-22)28(26(30)37,20-6-2-1-3-7-20)35(25(36)14-16-33-27(31)32)17-15-19-18-34-24-9-5-4-8-23(19)24/h1-13,18,34H,14-17H2,(H2,30,37)(H4,31,32,33). The number of rotatable bonds is 10. The summed E-state index contributed by atoms with van der Waals surface area (Å²) in [5.74, 6) is -1.05. The number of para-hydroxylation sites is 1. The van der Waals surface area contributed by atoms with Crippen molar-refractivity contribution in [2.24, 2.45) is 22.2 Å². The summed E-state index contributed by atoms with van der Waals surface area (Å²) >= 11 is 3.46. The number of nitrogens with zero attached hydrogens (tertiary/aromatic N) is 2. The van der Waals surface area contributed by atoms with E-state index in [2.05, 4.69) is 25.9 Å². The highest BCUT2D eigenvalue weighted by Gasteiger charge is 2.48. The zero-order valence-corrected chi connectivity index (χ0v) is 21.8. The fraction of sp³-hybridized carbons (Fsp3) is 0.179. The van der Waals surface area contributed by atoms with Gasteiger partial charge in [-0.25, -0.2) is 0 Å². The van der Waals surface area contributed by atoms with Gasteiger partial charge in [0, 0.05) is 34.5 Å². The molecular weight excluding hydrogens is 532 g/mol. The van der Waals surface area contributed by atoms with Crippen molar-refractivity contribution in [3.63, 3.8) is 0 Å². The van der Waals surface area contributed by atoms with Crippen molar-refractivity contribution in [1.82, 2.24) is 9.88 Å². The van der Waals surface area contributed by atoms with Gasteiger partial charge in [0.15, 0.2) is 11.5 Å². The number of aromatic nitrogens is 1. The molecule has 0 spiro atoms. The summed E-state index contributed by atoms with van der Waals surface area (Å²) in [6.07, 6.45) is 2.43. The summed E-state index contributed by atoms with van der Waals surface area (Å²) in [4.78, 5) is 36.2. The first-order valence-corrected chi connectivity index (χ1v) is 12.7. The second-order valence-corrected chi connectivity index (χ2v) is 9.57. The van der Waals surface area contributed by atoms with Gasteiger partial charge in [0.1, 0.15) is 0 Å². The highest BCUT2D eigenvalue weighted by Crippen LogP contribution is 2.38. The molecule has 0 bridgehead atoms. The third kappa shape index (κ3) is 5.36. The second kappa shape index (κ2) is 11.3. The van der Waals surface area contributed by atoms with Crippen LogP contribution in [-0.4, -0.2) is 40.7 Å². The molecule has 4 aromatic rings. The molecule has 0 aliphatic rings. The van der Waals surface area contributed by atoms with Gasteiger partial charge in [0.2, 0.25) is 5.91 Å².